The molecule has 3 heteroatoms. The first-order chi connectivity index (χ1) is 22.7. The zero-order valence-corrected chi connectivity index (χ0v) is 31.6. The van der Waals surface area contributed by atoms with E-state index in [1.165, 1.54) is 128 Å². The molecule has 0 spiro atoms. The van der Waals surface area contributed by atoms with Crippen molar-refractivity contribution in [2.75, 3.05) is 13.2 Å². The quantitative estimate of drug-likeness (QED) is 0.0551. The number of hydrogen-bond donors (Lipinski definition) is 0. The van der Waals surface area contributed by atoms with Crippen molar-refractivity contribution in [1.29, 1.82) is 0 Å². The summed E-state index contributed by atoms with van der Waals surface area (Å²) in [5.74, 6) is 1.70. The maximum absolute atomic E-state index is 6.12. The first-order valence-electron chi connectivity index (χ1n) is 19.2. The van der Waals surface area contributed by atoms with Gasteiger partial charge in [0.1, 0.15) is 16.0 Å². The van der Waals surface area contributed by atoms with Crippen molar-refractivity contribution in [3.05, 3.63) is 77.7 Å². The average molecular weight is 699 g/mol. The van der Waals surface area contributed by atoms with Gasteiger partial charge in [0.15, 0.2) is 0 Å². The van der Waals surface area contributed by atoms with Gasteiger partial charge in [-0.25, -0.2) is 0 Å². The fraction of sp³-hybridized carbons (Fsp3) is 0.651. The van der Waals surface area contributed by atoms with Crippen molar-refractivity contribution in [1.82, 2.24) is 0 Å². The van der Waals surface area contributed by atoms with E-state index in [1.807, 2.05) is 12.1 Å². The van der Waals surface area contributed by atoms with Crippen LogP contribution in [0.4, 0.5) is 0 Å². The summed E-state index contributed by atoms with van der Waals surface area (Å²) >= 11 is 3.72. The number of ether oxygens (including phenoxy) is 2. The summed E-state index contributed by atoms with van der Waals surface area (Å²) < 4.78 is 13.2. The van der Waals surface area contributed by atoms with E-state index < -0.39 is 0 Å². The van der Waals surface area contributed by atoms with Gasteiger partial charge in [0, 0.05) is 0 Å². The molecule has 0 heterocycles. The van der Waals surface area contributed by atoms with E-state index >= 15 is 0 Å². The van der Waals surface area contributed by atoms with Gasteiger partial charge in [0.25, 0.3) is 0 Å². The molecular formula is C43H70BrO2. The third kappa shape index (κ3) is 26.3. The highest BCUT2D eigenvalue weighted by Gasteiger charge is 2.10. The summed E-state index contributed by atoms with van der Waals surface area (Å²) in [5.41, 5.74) is 0.933. The Labute approximate surface area is 294 Å². The Bertz CT molecular complexity index is 858. The molecule has 1 radical (unpaired) electrons. The third-order valence-electron chi connectivity index (χ3n) is 8.27. The molecule has 0 saturated heterocycles. The molecule has 0 aromatic heterocycles. The van der Waals surface area contributed by atoms with Gasteiger partial charge in [-0.15, -0.1) is 0 Å². The number of rotatable bonds is 32. The molecule has 0 aliphatic carbocycles. The lowest BCUT2D eigenvalue weighted by molar-refractivity contribution is 0.286. The summed E-state index contributed by atoms with van der Waals surface area (Å²) in [5, 5.41) is 0. The molecule has 0 fully saturated rings. The van der Waals surface area contributed by atoms with E-state index in [4.69, 9.17) is 9.47 Å². The van der Waals surface area contributed by atoms with Gasteiger partial charge in [0.2, 0.25) is 0 Å². The number of hydrogen-bond acceptors (Lipinski definition) is 2. The van der Waals surface area contributed by atoms with Crippen molar-refractivity contribution in [3.8, 4) is 11.5 Å². The summed E-state index contributed by atoms with van der Waals surface area (Å²) in [6.45, 7) is 10.1. The largest absolute Gasteiger partial charge is 0.492 e. The Morgan fingerprint density at radius 2 is 0.804 bits per heavy atom. The fourth-order valence-electron chi connectivity index (χ4n) is 5.38. The average Bonchev–Trinajstić information content (AvgIpc) is 3.05. The summed E-state index contributed by atoms with van der Waals surface area (Å²) in [6.07, 6.45) is 48.7. The standard InChI is InChI=1S/C43H70BrO2/c1-4-6-8-10-12-14-16-18-20-22-24-26-28-30-32-34-36-45-41-38-40(3)39-42(43(41)44)46-37-35-33-31-29-27-25-23-21-19-17-15-13-11-9-7-5-2/h12-15,18-21,38-39H,3-11,16-17,22-37H2,1-2H3/b14-12-,15-13-,20-18-,21-19-. The second-order valence-electron chi connectivity index (χ2n) is 12.8. The molecule has 1 rings (SSSR count). The van der Waals surface area contributed by atoms with Crippen LogP contribution in [0.5, 0.6) is 11.5 Å². The Balaban J connectivity index is 2.04. The van der Waals surface area contributed by atoms with Crippen molar-refractivity contribution in [2.24, 2.45) is 0 Å². The van der Waals surface area contributed by atoms with E-state index in [-0.39, 0.29) is 0 Å². The van der Waals surface area contributed by atoms with Gasteiger partial charge in [0.05, 0.1) is 13.2 Å². The van der Waals surface area contributed by atoms with E-state index in [0.717, 1.165) is 60.4 Å². The SMILES string of the molecule is [CH2]c1cc(OCCCCCCCC/C=C\C/C=C\CCCCC)c(Br)c(OCCCCCCCC/C=C\C/C=C\CCCCC)c1. The first-order valence-corrected chi connectivity index (χ1v) is 20.0. The van der Waals surface area contributed by atoms with Crippen LogP contribution in [-0.4, -0.2) is 13.2 Å². The predicted octanol–water partition coefficient (Wildman–Crippen LogP) is 15.0. The Kier molecular flexibility index (Phi) is 30.5. The molecule has 0 atom stereocenters. The van der Waals surface area contributed by atoms with Crippen LogP contribution in [0.15, 0.2) is 65.2 Å². The molecule has 1 aromatic rings. The molecule has 0 amide bonds. The monoisotopic (exact) mass is 697 g/mol. The molecule has 2 nitrogen and oxygen atoms in total. The smallest absolute Gasteiger partial charge is 0.137 e. The minimum atomic E-state index is 0.738. The fourth-order valence-corrected chi connectivity index (χ4v) is 5.84. The Hall–Kier alpha value is -1.74. The van der Waals surface area contributed by atoms with Crippen molar-refractivity contribution in [3.63, 3.8) is 0 Å². The summed E-state index contributed by atoms with van der Waals surface area (Å²) in [4.78, 5) is 0. The van der Waals surface area contributed by atoms with Crippen LogP contribution in [0.1, 0.15) is 174 Å². The predicted molar refractivity (Wildman–Crippen MR) is 208 cm³/mol. The lowest BCUT2D eigenvalue weighted by Crippen LogP contribution is -2.02. The van der Waals surface area contributed by atoms with Crippen LogP contribution in [0.2, 0.25) is 0 Å². The highest BCUT2D eigenvalue weighted by molar-refractivity contribution is 9.10. The maximum atomic E-state index is 6.12. The minimum absolute atomic E-state index is 0.738. The van der Waals surface area contributed by atoms with Crippen LogP contribution >= 0.6 is 15.9 Å². The molecule has 0 unspecified atom stereocenters. The summed E-state index contributed by atoms with van der Waals surface area (Å²) in [7, 11) is 0. The highest BCUT2D eigenvalue weighted by atomic mass is 79.9. The van der Waals surface area contributed by atoms with Gasteiger partial charge in [-0.2, -0.15) is 0 Å². The number of halogens is 1. The minimum Gasteiger partial charge on any atom is -0.492 e. The summed E-state index contributed by atoms with van der Waals surface area (Å²) in [6, 6.07) is 4.01. The first kappa shape index (κ1) is 42.3. The second kappa shape index (κ2) is 33.2. The molecule has 46 heavy (non-hydrogen) atoms. The Morgan fingerprint density at radius 3 is 1.17 bits per heavy atom. The van der Waals surface area contributed by atoms with Gasteiger partial charge in [-0.1, -0.05) is 140 Å². The molecule has 0 aliphatic heterocycles. The maximum Gasteiger partial charge on any atom is 0.137 e. The van der Waals surface area contributed by atoms with Crippen LogP contribution in [0, 0.1) is 6.92 Å². The molecule has 261 valence electrons. The molecular weight excluding hydrogens is 628 g/mol. The van der Waals surface area contributed by atoms with Crippen LogP contribution < -0.4 is 9.47 Å². The van der Waals surface area contributed by atoms with Crippen molar-refractivity contribution in [2.45, 2.75) is 168 Å². The zero-order valence-electron chi connectivity index (χ0n) is 30.1. The van der Waals surface area contributed by atoms with E-state index in [1.54, 1.807) is 0 Å². The van der Waals surface area contributed by atoms with Gasteiger partial charge in [-0.05, 0) is 118 Å². The zero-order chi connectivity index (χ0) is 33.2. The van der Waals surface area contributed by atoms with Gasteiger partial charge in [-0.3, -0.25) is 0 Å². The molecule has 0 N–H and O–H groups in total. The Morgan fingerprint density at radius 1 is 0.478 bits per heavy atom. The number of unbranched alkanes of at least 4 members (excludes halogenated alkanes) is 18. The topological polar surface area (TPSA) is 18.5 Å². The van der Waals surface area contributed by atoms with E-state index in [0.29, 0.717) is 0 Å². The molecule has 1 aromatic carbocycles. The number of allylic oxidation sites excluding steroid dienone is 8. The third-order valence-corrected chi connectivity index (χ3v) is 9.05. The van der Waals surface area contributed by atoms with Crippen LogP contribution in [0.3, 0.4) is 0 Å². The van der Waals surface area contributed by atoms with E-state index in [9.17, 15) is 0 Å². The van der Waals surface area contributed by atoms with E-state index in [2.05, 4.69) is 85.3 Å². The van der Waals surface area contributed by atoms with Gasteiger partial charge >= 0.3 is 0 Å². The van der Waals surface area contributed by atoms with Crippen LogP contribution in [-0.2, 0) is 0 Å². The van der Waals surface area contributed by atoms with Gasteiger partial charge < -0.3 is 9.47 Å². The van der Waals surface area contributed by atoms with Crippen molar-refractivity contribution < 1.29 is 9.47 Å². The molecule has 0 aliphatic rings. The van der Waals surface area contributed by atoms with Crippen LogP contribution in [0.25, 0.3) is 0 Å². The molecule has 0 bridgehead atoms. The molecule has 0 saturated carbocycles. The second-order valence-corrected chi connectivity index (χ2v) is 13.6. The van der Waals surface area contributed by atoms with Crippen molar-refractivity contribution >= 4 is 15.9 Å². The highest BCUT2D eigenvalue weighted by Crippen LogP contribution is 2.36. The lowest BCUT2D eigenvalue weighted by Gasteiger charge is -2.14. The lowest BCUT2D eigenvalue weighted by atomic mass is 10.1. The normalized spacial score (nSPS) is 12.1. The number of benzene rings is 1.